The van der Waals surface area contributed by atoms with Crippen molar-refractivity contribution in [2.75, 3.05) is 19.5 Å². The summed E-state index contributed by atoms with van der Waals surface area (Å²) in [5.74, 6) is 1.20. The summed E-state index contributed by atoms with van der Waals surface area (Å²) in [6, 6.07) is 14.3. The molecule has 0 radical (unpaired) electrons. The summed E-state index contributed by atoms with van der Waals surface area (Å²) in [7, 11) is 1.54. The smallest absolute Gasteiger partial charge is 0.221 e. The van der Waals surface area contributed by atoms with Gasteiger partial charge in [0.25, 0.3) is 0 Å². The monoisotopic (exact) mass is 364 g/mol. The number of hydrogen-bond acceptors (Lipinski definition) is 6. The zero-order valence-electron chi connectivity index (χ0n) is 15.1. The number of aryl methyl sites for hydroxylation is 1. The van der Waals surface area contributed by atoms with E-state index in [1.165, 1.54) is 4.68 Å². The number of benzene rings is 2. The quantitative estimate of drug-likeness (QED) is 0.514. The topological polar surface area (TPSA) is 91.7 Å². The van der Waals surface area contributed by atoms with Crippen LogP contribution in [0.3, 0.4) is 0 Å². The van der Waals surface area contributed by atoms with E-state index < -0.39 is 0 Å². The third kappa shape index (κ3) is 4.52. The van der Waals surface area contributed by atoms with E-state index in [0.29, 0.717) is 23.0 Å². The number of aromatic nitrogens is 2. The fraction of sp³-hybridized carbons (Fsp3) is 0.150. The molecule has 7 heteroatoms. The number of nitrogens with zero attached hydrogens (tertiary/aromatic N) is 3. The van der Waals surface area contributed by atoms with E-state index in [9.17, 15) is 4.79 Å². The van der Waals surface area contributed by atoms with Crippen LogP contribution >= 0.6 is 0 Å². The molecule has 0 fully saturated rings. The predicted octanol–water partition coefficient (Wildman–Crippen LogP) is 2.93. The molecule has 0 spiro atoms. The number of ether oxygens (including phenoxy) is 2. The highest BCUT2D eigenvalue weighted by atomic mass is 16.5. The van der Waals surface area contributed by atoms with Crippen LogP contribution in [-0.2, 0) is 0 Å². The Morgan fingerprint density at radius 1 is 1.22 bits per heavy atom. The molecule has 0 aliphatic carbocycles. The summed E-state index contributed by atoms with van der Waals surface area (Å²) in [5.41, 5.74) is 7.95. The molecule has 3 rings (SSSR count). The number of carbonyl (C=O) groups excluding carboxylic acids is 1. The fourth-order valence-electron chi connectivity index (χ4n) is 2.46. The van der Waals surface area contributed by atoms with Crippen LogP contribution in [0, 0.1) is 6.92 Å². The normalized spacial score (nSPS) is 10.9. The highest BCUT2D eigenvalue weighted by Gasteiger charge is 2.10. The molecule has 2 aromatic carbocycles. The largest absolute Gasteiger partial charge is 0.493 e. The van der Waals surface area contributed by atoms with Crippen LogP contribution in [0.2, 0.25) is 0 Å². The van der Waals surface area contributed by atoms with Crippen LogP contribution in [0.15, 0.2) is 59.8 Å². The van der Waals surface area contributed by atoms with Crippen LogP contribution in [0.25, 0.3) is 0 Å². The van der Waals surface area contributed by atoms with Crippen molar-refractivity contribution >= 4 is 17.9 Å². The van der Waals surface area contributed by atoms with Crippen molar-refractivity contribution < 1.29 is 14.3 Å². The molecular formula is C20H20N4O3. The van der Waals surface area contributed by atoms with E-state index in [0.717, 1.165) is 11.3 Å². The van der Waals surface area contributed by atoms with Crippen molar-refractivity contribution in [3.8, 4) is 11.5 Å². The van der Waals surface area contributed by atoms with Gasteiger partial charge in [-0.05, 0) is 30.7 Å². The molecular weight excluding hydrogens is 344 g/mol. The first-order chi connectivity index (χ1) is 13.1. The molecule has 2 N–H and O–H groups in total. The van der Waals surface area contributed by atoms with Gasteiger partial charge in [-0.25, -0.2) is 9.66 Å². The second-order valence-electron chi connectivity index (χ2n) is 5.82. The average molecular weight is 364 g/mol. The van der Waals surface area contributed by atoms with Gasteiger partial charge in [0.1, 0.15) is 0 Å². The molecule has 1 aromatic heterocycles. The van der Waals surface area contributed by atoms with E-state index >= 15 is 0 Å². The van der Waals surface area contributed by atoms with E-state index in [2.05, 4.69) is 10.1 Å². The van der Waals surface area contributed by atoms with Gasteiger partial charge in [-0.2, -0.15) is 5.10 Å². The maximum atomic E-state index is 12.2. The summed E-state index contributed by atoms with van der Waals surface area (Å²) in [6.07, 6.45) is 3.37. The Kier molecular flexibility index (Phi) is 5.51. The molecule has 7 nitrogen and oxygen atoms in total. The zero-order valence-corrected chi connectivity index (χ0v) is 15.1. The minimum absolute atomic E-state index is 0.0708. The molecule has 0 bridgehead atoms. The molecule has 3 aromatic rings. The summed E-state index contributed by atoms with van der Waals surface area (Å²) in [6.45, 7) is 1.77. The lowest BCUT2D eigenvalue weighted by Crippen LogP contribution is -2.12. The average Bonchev–Trinajstić information content (AvgIpc) is 3.02. The van der Waals surface area contributed by atoms with Gasteiger partial charge in [-0.1, -0.05) is 30.3 Å². The number of Topliss-reactive ketones (excluding diaryl/α,β-unsaturated/α-hetero) is 1. The molecule has 0 aliphatic heterocycles. The Labute approximate surface area is 157 Å². The third-order valence-electron chi connectivity index (χ3n) is 3.81. The highest BCUT2D eigenvalue weighted by molar-refractivity contribution is 5.97. The summed E-state index contributed by atoms with van der Waals surface area (Å²) in [4.78, 5) is 16.3. The molecule has 138 valence electrons. The van der Waals surface area contributed by atoms with E-state index in [1.54, 1.807) is 43.8 Å². The molecule has 0 atom stereocenters. The van der Waals surface area contributed by atoms with Crippen LogP contribution < -0.4 is 15.2 Å². The molecule has 0 saturated carbocycles. The van der Waals surface area contributed by atoms with Crippen molar-refractivity contribution in [3.63, 3.8) is 0 Å². The van der Waals surface area contributed by atoms with Crippen LogP contribution in [0.4, 0.5) is 5.95 Å². The van der Waals surface area contributed by atoms with Crippen molar-refractivity contribution in [2.45, 2.75) is 6.92 Å². The summed E-state index contributed by atoms with van der Waals surface area (Å²) >= 11 is 0. The van der Waals surface area contributed by atoms with E-state index in [4.69, 9.17) is 15.2 Å². The Bertz CT molecular complexity index is 965. The van der Waals surface area contributed by atoms with Crippen LogP contribution in [-0.4, -0.2) is 35.4 Å². The van der Waals surface area contributed by atoms with Gasteiger partial charge in [-0.15, -0.1) is 0 Å². The van der Waals surface area contributed by atoms with Crippen molar-refractivity contribution in [3.05, 3.63) is 71.5 Å². The van der Waals surface area contributed by atoms with Gasteiger partial charge < -0.3 is 15.2 Å². The lowest BCUT2D eigenvalue weighted by molar-refractivity contribution is 0.0919. The number of anilines is 1. The Morgan fingerprint density at radius 3 is 2.67 bits per heavy atom. The zero-order chi connectivity index (χ0) is 19.2. The van der Waals surface area contributed by atoms with Crippen LogP contribution in [0.5, 0.6) is 11.5 Å². The Morgan fingerprint density at radius 2 is 2.00 bits per heavy atom. The standard InChI is InChI=1S/C20H20N4O3/c1-14-12-24(20(21)23-14)22-11-15-8-9-18(19(10-15)26-2)27-13-17(25)16-6-4-3-5-7-16/h3-12H,13H2,1-2H3,(H2,21,23). The molecule has 0 aliphatic rings. The Hall–Kier alpha value is -3.61. The first kappa shape index (κ1) is 18.2. The number of nitrogens with two attached hydrogens (primary N) is 1. The number of rotatable bonds is 7. The minimum Gasteiger partial charge on any atom is -0.493 e. The number of nitrogen functional groups attached to an aromatic ring is 1. The lowest BCUT2D eigenvalue weighted by atomic mass is 10.1. The van der Waals surface area contributed by atoms with Gasteiger partial charge >= 0.3 is 0 Å². The summed E-state index contributed by atoms with van der Waals surface area (Å²) < 4.78 is 12.5. The van der Waals surface area contributed by atoms with Gasteiger partial charge in [0.05, 0.1) is 25.2 Å². The summed E-state index contributed by atoms with van der Waals surface area (Å²) in [5, 5.41) is 4.27. The number of imidazole rings is 1. The van der Waals surface area contributed by atoms with Crippen molar-refractivity contribution in [1.29, 1.82) is 0 Å². The lowest BCUT2D eigenvalue weighted by Gasteiger charge is -2.11. The van der Waals surface area contributed by atoms with Gasteiger partial charge in [0.2, 0.25) is 5.95 Å². The minimum atomic E-state index is -0.103. The molecule has 0 unspecified atom stereocenters. The SMILES string of the molecule is COc1cc(C=Nn2cc(C)nc2N)ccc1OCC(=O)c1ccccc1. The molecule has 0 saturated heterocycles. The number of ketones is 1. The molecule has 27 heavy (non-hydrogen) atoms. The predicted molar refractivity (Wildman–Crippen MR) is 104 cm³/mol. The third-order valence-corrected chi connectivity index (χ3v) is 3.81. The first-order valence-electron chi connectivity index (χ1n) is 8.31. The second kappa shape index (κ2) is 8.18. The Balaban J connectivity index is 1.70. The van der Waals surface area contributed by atoms with Gasteiger partial charge in [0.15, 0.2) is 23.9 Å². The first-order valence-corrected chi connectivity index (χ1v) is 8.31. The number of methoxy groups -OCH3 is 1. The fourth-order valence-corrected chi connectivity index (χ4v) is 2.46. The number of hydrogen-bond donors (Lipinski definition) is 1. The van der Waals surface area contributed by atoms with E-state index in [1.807, 2.05) is 31.2 Å². The second-order valence-corrected chi connectivity index (χ2v) is 5.82. The molecule has 0 amide bonds. The van der Waals surface area contributed by atoms with Gasteiger partial charge in [0, 0.05) is 5.56 Å². The van der Waals surface area contributed by atoms with E-state index in [-0.39, 0.29) is 12.4 Å². The number of carbonyl (C=O) groups is 1. The maximum Gasteiger partial charge on any atom is 0.221 e. The van der Waals surface area contributed by atoms with Crippen molar-refractivity contribution in [2.24, 2.45) is 5.10 Å². The van der Waals surface area contributed by atoms with Crippen LogP contribution in [0.1, 0.15) is 21.6 Å². The van der Waals surface area contributed by atoms with Crippen molar-refractivity contribution in [1.82, 2.24) is 9.66 Å². The van der Waals surface area contributed by atoms with Gasteiger partial charge in [-0.3, -0.25) is 4.79 Å². The maximum absolute atomic E-state index is 12.2. The highest BCUT2D eigenvalue weighted by Crippen LogP contribution is 2.27. The molecule has 1 heterocycles.